The van der Waals surface area contributed by atoms with E-state index in [2.05, 4.69) is 72.8 Å². The van der Waals surface area contributed by atoms with Crippen molar-refractivity contribution in [3.8, 4) is 0 Å². The van der Waals surface area contributed by atoms with Gasteiger partial charge in [0.05, 0.1) is 39.6 Å². The lowest BCUT2D eigenvalue weighted by atomic mass is 10.3. The van der Waals surface area contributed by atoms with Crippen molar-refractivity contribution in [2.45, 2.75) is 351 Å². The first kappa shape index (κ1) is 169. The van der Waals surface area contributed by atoms with E-state index in [1.54, 1.807) is 6.21 Å². The Hall–Kier alpha value is -5.30. The van der Waals surface area contributed by atoms with Gasteiger partial charge in [0.2, 0.25) is 17.7 Å². The lowest BCUT2D eigenvalue weighted by Gasteiger charge is -2.10. The van der Waals surface area contributed by atoms with Gasteiger partial charge in [0.25, 0.3) is 11.8 Å². The van der Waals surface area contributed by atoms with E-state index in [9.17, 15) is 43.2 Å². The SMILES string of the molecule is C.C1=NOCCC1.C1CNCN1.C1CNOC1.C1COCN1.C1CSCS1.CC.CC.CC.CC.CC.CC.CC.CC.CC.CC.CC.CC.CC.CC.CC.CC.CC.CC.CC.CC.CC.CC.O=C1C=CC(=O)N1.O=C1CCC(=O)N1.O=C1CNC(=O)N1.O=C1NCCCO1.O=C1NCCN1.O=C1NCCO1. The number of hydrogen-bond donors (Lipinski definition) is 12. The molecule has 690 valence electrons. The Morgan fingerprint density at radius 2 is 0.730 bits per heavy atom. The molecular formula is C82H201N13O14S2. The molecule has 0 aromatic carbocycles. The Kier molecular flexibility index (Phi) is 354. The summed E-state index contributed by atoms with van der Waals surface area (Å²) in [6.07, 6.45) is 8.67. The second kappa shape index (κ2) is 232. The maximum atomic E-state index is 10.1. The summed E-state index contributed by atoms with van der Waals surface area (Å²) in [6, 6.07) is -0.444. The number of oxime groups is 1. The summed E-state index contributed by atoms with van der Waals surface area (Å²) < 4.78 is 13.8. The molecular weight excluding hydrogens is 1460 g/mol. The Morgan fingerprint density at radius 3 is 0.838 bits per heavy atom. The molecule has 0 unspecified atom stereocenters. The molecule has 11 rings (SSSR count). The van der Waals surface area contributed by atoms with Gasteiger partial charge >= 0.3 is 24.2 Å². The first-order chi connectivity index (χ1) is 54.0. The van der Waals surface area contributed by atoms with Gasteiger partial charge < -0.3 is 61.1 Å². The van der Waals surface area contributed by atoms with Crippen molar-refractivity contribution in [1.82, 2.24) is 64.0 Å². The number of thioether (sulfide) groups is 2. The summed E-state index contributed by atoms with van der Waals surface area (Å²) in [5.41, 5.74) is 2.72. The van der Waals surface area contributed by atoms with E-state index in [-0.39, 0.29) is 61.7 Å². The molecule has 11 aliphatic rings. The third-order valence-corrected chi connectivity index (χ3v) is 10.1. The van der Waals surface area contributed by atoms with E-state index in [0.717, 1.165) is 98.3 Å². The molecule has 11 heterocycles. The van der Waals surface area contributed by atoms with Gasteiger partial charge in [0, 0.05) is 100 Å². The highest BCUT2D eigenvalue weighted by atomic mass is 32.2. The zero-order valence-electron chi connectivity index (χ0n) is 80.9. The van der Waals surface area contributed by atoms with Gasteiger partial charge in [-0.15, -0.1) is 0 Å². The van der Waals surface area contributed by atoms with E-state index < -0.39 is 6.03 Å². The molecule has 111 heavy (non-hydrogen) atoms. The molecule has 11 amide bonds. The molecule has 9 fully saturated rings. The molecule has 0 aromatic rings. The van der Waals surface area contributed by atoms with Crippen molar-refractivity contribution < 1.29 is 67.0 Å². The normalized spacial score (nSPS) is 13.6. The van der Waals surface area contributed by atoms with Crippen molar-refractivity contribution in [2.75, 3.05) is 122 Å². The number of hydroxylamine groups is 1. The number of cyclic esters (lactones) is 2. The summed E-state index contributed by atoms with van der Waals surface area (Å²) >= 11 is 4.07. The summed E-state index contributed by atoms with van der Waals surface area (Å²) in [6.45, 7) is 101. The second-order valence-electron chi connectivity index (χ2n) is 13.1. The third-order valence-electron chi connectivity index (χ3n) is 7.52. The molecule has 29 heteroatoms. The molecule has 0 spiro atoms. The minimum atomic E-state index is -0.398. The first-order valence-corrected chi connectivity index (χ1v) is 45.5. The topological polar surface area (TPSA) is 356 Å². The highest BCUT2D eigenvalue weighted by Crippen LogP contribution is 2.20. The molecule has 12 N–H and O–H groups in total. The average molecular weight is 1660 g/mol. The molecule has 0 aromatic heterocycles. The van der Waals surface area contributed by atoms with Crippen molar-refractivity contribution >= 4 is 83.5 Å². The lowest BCUT2D eigenvalue weighted by Crippen LogP contribution is -2.31. The maximum absolute atomic E-state index is 10.1. The Labute approximate surface area is 700 Å². The fourth-order valence-electron chi connectivity index (χ4n) is 4.34. The van der Waals surface area contributed by atoms with Crippen LogP contribution < -0.4 is 64.0 Å². The Bertz CT molecular complexity index is 1330. The molecule has 27 nitrogen and oxygen atoms in total. The highest BCUT2D eigenvalue weighted by Gasteiger charge is 2.16. The van der Waals surface area contributed by atoms with Crippen LogP contribution in [0.25, 0.3) is 0 Å². The number of carbonyl (C=O) groups excluding carboxylic acids is 9. The van der Waals surface area contributed by atoms with Crippen LogP contribution in [0.4, 0.5) is 19.2 Å². The highest BCUT2D eigenvalue weighted by molar-refractivity contribution is 8.19. The van der Waals surface area contributed by atoms with Crippen LogP contribution in [0.1, 0.15) is 351 Å². The summed E-state index contributed by atoms with van der Waals surface area (Å²) in [5, 5.41) is 32.7. The fraction of sp³-hybridized carbons (Fsp3) is 0.854. The quantitative estimate of drug-likeness (QED) is 0.0792. The fourth-order valence-corrected chi connectivity index (χ4v) is 6.69. The molecule has 11 aliphatic heterocycles. The van der Waals surface area contributed by atoms with Crippen LogP contribution >= 0.6 is 23.5 Å². The van der Waals surface area contributed by atoms with Gasteiger partial charge in [0.15, 0.2) is 0 Å². The van der Waals surface area contributed by atoms with Crippen molar-refractivity contribution in [3.63, 3.8) is 0 Å². The minimum absolute atomic E-state index is 0. The monoisotopic (exact) mass is 1660 g/mol. The van der Waals surface area contributed by atoms with E-state index in [0.29, 0.717) is 32.6 Å². The van der Waals surface area contributed by atoms with Crippen LogP contribution in [0.15, 0.2) is 17.3 Å². The van der Waals surface area contributed by atoms with Gasteiger partial charge in [0.1, 0.15) is 13.2 Å². The number of hydrogen-bond acceptors (Lipinski definition) is 21. The number of alkyl carbamates (subject to hydrolysis) is 2. The van der Waals surface area contributed by atoms with E-state index in [1.165, 1.54) is 35.2 Å². The van der Waals surface area contributed by atoms with Crippen molar-refractivity contribution in [2.24, 2.45) is 5.16 Å². The Balaban J connectivity index is -0.0000000348. The predicted molar refractivity (Wildman–Crippen MR) is 499 cm³/mol. The zero-order chi connectivity index (χ0) is 92.1. The molecule has 9 saturated heterocycles. The molecule has 0 saturated carbocycles. The second-order valence-corrected chi connectivity index (χ2v) is 15.6. The number of rotatable bonds is 0. The van der Waals surface area contributed by atoms with Gasteiger partial charge in [-0.1, -0.05) is 317 Å². The van der Waals surface area contributed by atoms with Crippen LogP contribution in [0.3, 0.4) is 0 Å². The van der Waals surface area contributed by atoms with Crippen LogP contribution in [0.5, 0.6) is 0 Å². The number of nitrogens with one attached hydrogen (secondary N) is 12. The molecule has 0 radical (unpaired) electrons. The lowest BCUT2D eigenvalue weighted by molar-refractivity contribution is -0.125. The van der Waals surface area contributed by atoms with Gasteiger partial charge in [-0.25, -0.2) is 24.7 Å². The number of carbonyl (C=O) groups is 9. The van der Waals surface area contributed by atoms with Crippen molar-refractivity contribution in [3.05, 3.63) is 12.2 Å². The molecule has 0 bridgehead atoms. The van der Waals surface area contributed by atoms with Gasteiger partial charge in [-0.2, -0.15) is 23.5 Å². The van der Waals surface area contributed by atoms with Gasteiger partial charge in [-0.05, 0) is 25.7 Å². The standard InChI is InChI=1S/C4H7NO2.C4H5NO2.C4H3NO2.C4H7NO.C3H4N2O2.C3H6N2O.C3H8N2.C3H5NO2.2C3H7NO.C3H6S2.22C2H6.CH4/c6-4-5-2-1-3-7-4;2*6-3-1-2-4(7)5-3;1-2-4-6-5-3-1;6-2-1-4-3(7)5-2;6-3-4-1-2-5-3;1-2-5-3-4-1;5-3-4-1-2-6-3;1-2-5-3-4-1;1-2-4-5-3-1;1-2-5-3-4-1;22*1-2;/h1-3H2,(H,5,6);1-2H2,(H,5,6,7);1-2H,(H,5,6,7);3H,1-2,4H2;1H2,(H2,4,5,6,7);1-2H2,(H2,4,5,6);4-5H,1-3H2;1-2H2,(H,4,5);2*4H,1-3H2;1-3H2;22*1-2H3;1H4. The van der Waals surface area contributed by atoms with E-state index in [4.69, 9.17) is 9.57 Å². The third kappa shape index (κ3) is 227. The molecule has 0 atom stereocenters. The van der Waals surface area contributed by atoms with Crippen LogP contribution in [-0.2, 0) is 47.9 Å². The van der Waals surface area contributed by atoms with Crippen LogP contribution in [-0.4, -0.2) is 182 Å². The van der Waals surface area contributed by atoms with Gasteiger partial charge in [-0.3, -0.25) is 45.2 Å². The number of imide groups is 3. The number of urea groups is 2. The van der Waals surface area contributed by atoms with Crippen molar-refractivity contribution in [1.29, 1.82) is 0 Å². The average Bonchev–Trinajstić information content (AvgIpc) is 1.87. The summed E-state index contributed by atoms with van der Waals surface area (Å²) in [7, 11) is 0. The first-order valence-electron chi connectivity index (χ1n) is 43.1. The van der Waals surface area contributed by atoms with E-state index in [1.807, 2.05) is 339 Å². The zero-order valence-corrected chi connectivity index (χ0v) is 82.5. The maximum Gasteiger partial charge on any atom is 0.407 e. The number of amides is 11. The minimum Gasteiger partial charge on any atom is -0.449 e. The van der Waals surface area contributed by atoms with Crippen LogP contribution in [0, 0.1) is 0 Å². The smallest absolute Gasteiger partial charge is 0.407 e. The number of nitrogens with zero attached hydrogens (tertiary/aromatic N) is 1. The molecule has 0 aliphatic carbocycles. The Morgan fingerprint density at radius 1 is 0.342 bits per heavy atom. The summed E-state index contributed by atoms with van der Waals surface area (Å²) in [5.74, 6) is 1.55. The predicted octanol–water partition coefficient (Wildman–Crippen LogP) is 20.6. The van der Waals surface area contributed by atoms with E-state index >= 15 is 0 Å². The van der Waals surface area contributed by atoms with Crippen LogP contribution in [0.2, 0.25) is 0 Å². The summed E-state index contributed by atoms with van der Waals surface area (Å²) in [4.78, 5) is 99.8. The largest absolute Gasteiger partial charge is 0.449 e. The number of ether oxygens (including phenoxy) is 3.